The third-order valence-electron chi connectivity index (χ3n) is 3.73. The summed E-state index contributed by atoms with van der Waals surface area (Å²) >= 11 is 0. The van der Waals surface area contributed by atoms with Crippen LogP contribution >= 0.6 is 0 Å². The van der Waals surface area contributed by atoms with E-state index in [-0.39, 0.29) is 0 Å². The van der Waals surface area contributed by atoms with E-state index in [0.29, 0.717) is 17.9 Å². The van der Waals surface area contributed by atoms with E-state index >= 15 is 0 Å². The molecule has 0 aliphatic rings. The van der Waals surface area contributed by atoms with Crippen LogP contribution in [0.2, 0.25) is 0 Å². The van der Waals surface area contributed by atoms with Crippen molar-refractivity contribution in [2.75, 3.05) is 27.4 Å². The third kappa shape index (κ3) is 6.06. The van der Waals surface area contributed by atoms with Gasteiger partial charge in [0.2, 0.25) is 6.54 Å². The molecule has 0 saturated heterocycles. The van der Waals surface area contributed by atoms with Gasteiger partial charge in [-0.3, -0.25) is 19.7 Å². The van der Waals surface area contributed by atoms with Gasteiger partial charge in [-0.25, -0.2) is 0 Å². The SMILES string of the molecule is CCCCOc1ccc([C@@H](C[N+](=O)[O-])C(C(=O)OC)C(=O)OC)cc1. The van der Waals surface area contributed by atoms with Crippen molar-refractivity contribution < 1.29 is 28.7 Å². The second-order valence-electron chi connectivity index (χ2n) is 5.42. The number of carbonyl (C=O) groups is 2. The lowest BCUT2D eigenvalue weighted by Crippen LogP contribution is -2.35. The summed E-state index contributed by atoms with van der Waals surface area (Å²) in [6.45, 7) is 2.01. The Bertz CT molecular complexity index is 569. The highest BCUT2D eigenvalue weighted by atomic mass is 16.6. The zero-order chi connectivity index (χ0) is 18.8. The Hall–Kier alpha value is -2.64. The molecule has 1 aromatic carbocycles. The van der Waals surface area contributed by atoms with E-state index in [1.807, 2.05) is 0 Å². The molecule has 138 valence electrons. The molecule has 8 heteroatoms. The smallest absolute Gasteiger partial charge is 0.320 e. The fourth-order valence-corrected chi connectivity index (χ4v) is 2.39. The van der Waals surface area contributed by atoms with Crippen LogP contribution in [0.5, 0.6) is 5.75 Å². The second-order valence-corrected chi connectivity index (χ2v) is 5.42. The van der Waals surface area contributed by atoms with Crippen LogP contribution in [-0.4, -0.2) is 44.2 Å². The van der Waals surface area contributed by atoms with Crippen molar-refractivity contribution in [2.24, 2.45) is 5.92 Å². The predicted molar refractivity (Wildman–Crippen MR) is 89.0 cm³/mol. The van der Waals surface area contributed by atoms with E-state index in [9.17, 15) is 19.7 Å². The number of hydrogen-bond acceptors (Lipinski definition) is 7. The molecule has 1 aromatic rings. The number of unbranched alkanes of at least 4 members (excludes halogenated alkanes) is 1. The summed E-state index contributed by atoms with van der Waals surface area (Å²) in [4.78, 5) is 34.4. The third-order valence-corrected chi connectivity index (χ3v) is 3.73. The van der Waals surface area contributed by atoms with Gasteiger partial charge < -0.3 is 14.2 Å². The highest BCUT2D eigenvalue weighted by Crippen LogP contribution is 2.29. The Morgan fingerprint density at radius 2 is 1.68 bits per heavy atom. The number of nitrogens with zero attached hydrogens (tertiary/aromatic N) is 1. The Kier molecular flexibility index (Phi) is 8.38. The average molecular weight is 353 g/mol. The molecule has 0 aliphatic heterocycles. The lowest BCUT2D eigenvalue weighted by molar-refractivity contribution is -0.484. The van der Waals surface area contributed by atoms with Gasteiger partial charge >= 0.3 is 11.9 Å². The number of rotatable bonds is 10. The van der Waals surface area contributed by atoms with Crippen LogP contribution in [-0.2, 0) is 19.1 Å². The molecule has 1 atom stereocenters. The number of methoxy groups -OCH3 is 2. The Morgan fingerprint density at radius 3 is 2.12 bits per heavy atom. The van der Waals surface area contributed by atoms with Crippen molar-refractivity contribution in [3.63, 3.8) is 0 Å². The molecule has 0 fully saturated rings. The molecule has 0 radical (unpaired) electrons. The Morgan fingerprint density at radius 1 is 1.12 bits per heavy atom. The van der Waals surface area contributed by atoms with E-state index in [2.05, 4.69) is 16.4 Å². The highest BCUT2D eigenvalue weighted by molar-refractivity contribution is 5.96. The Balaban J connectivity index is 3.09. The van der Waals surface area contributed by atoms with Crippen LogP contribution in [0.15, 0.2) is 24.3 Å². The molecule has 0 heterocycles. The summed E-state index contributed by atoms with van der Waals surface area (Å²) < 4.78 is 14.8. The maximum Gasteiger partial charge on any atom is 0.320 e. The van der Waals surface area contributed by atoms with Gasteiger partial charge in [-0.1, -0.05) is 25.5 Å². The van der Waals surface area contributed by atoms with Gasteiger partial charge in [0, 0.05) is 4.92 Å². The second kappa shape index (κ2) is 10.3. The van der Waals surface area contributed by atoms with Crippen LogP contribution in [0.25, 0.3) is 0 Å². The van der Waals surface area contributed by atoms with Gasteiger partial charge in [0.05, 0.1) is 26.7 Å². The zero-order valence-electron chi connectivity index (χ0n) is 14.6. The molecule has 0 bridgehead atoms. The van der Waals surface area contributed by atoms with Crippen molar-refractivity contribution in [3.05, 3.63) is 39.9 Å². The molecule has 0 aliphatic carbocycles. The van der Waals surface area contributed by atoms with Crippen LogP contribution < -0.4 is 4.74 Å². The van der Waals surface area contributed by atoms with Gasteiger partial charge in [0.1, 0.15) is 5.75 Å². The van der Waals surface area contributed by atoms with E-state index < -0.39 is 35.2 Å². The fourth-order valence-electron chi connectivity index (χ4n) is 2.39. The Labute approximate surface area is 146 Å². The first kappa shape index (κ1) is 20.4. The predicted octanol–water partition coefficient (Wildman–Crippen LogP) is 2.19. The largest absolute Gasteiger partial charge is 0.494 e. The van der Waals surface area contributed by atoms with Crippen molar-refractivity contribution in [1.82, 2.24) is 0 Å². The molecule has 0 N–H and O–H groups in total. The highest BCUT2D eigenvalue weighted by Gasteiger charge is 2.40. The minimum atomic E-state index is -1.41. The number of ether oxygens (including phenoxy) is 3. The van der Waals surface area contributed by atoms with Crippen molar-refractivity contribution in [3.8, 4) is 5.75 Å². The summed E-state index contributed by atoms with van der Waals surface area (Å²) in [6, 6.07) is 6.52. The van der Waals surface area contributed by atoms with Crippen molar-refractivity contribution >= 4 is 11.9 Å². The first-order valence-corrected chi connectivity index (χ1v) is 7.94. The van der Waals surface area contributed by atoms with E-state index in [1.54, 1.807) is 24.3 Å². The van der Waals surface area contributed by atoms with Crippen LogP contribution in [0.3, 0.4) is 0 Å². The zero-order valence-corrected chi connectivity index (χ0v) is 14.6. The standard InChI is InChI=1S/C17H23NO7/c1-4-5-10-25-13-8-6-12(7-9-13)14(11-18(21)22)15(16(19)23-2)17(20)24-3/h6-9,14-15H,4-5,10-11H2,1-3H3/t14-/m1/s1. The molecular formula is C17H23NO7. The lowest BCUT2D eigenvalue weighted by Gasteiger charge is -2.21. The number of benzene rings is 1. The van der Waals surface area contributed by atoms with Gasteiger partial charge in [0.25, 0.3) is 0 Å². The normalized spacial score (nSPS) is 11.7. The molecular weight excluding hydrogens is 330 g/mol. The van der Waals surface area contributed by atoms with Gasteiger partial charge in [-0.05, 0) is 24.1 Å². The van der Waals surface area contributed by atoms with Gasteiger partial charge in [0.15, 0.2) is 5.92 Å². The quantitative estimate of drug-likeness (QED) is 0.209. The van der Waals surface area contributed by atoms with Crippen LogP contribution in [0, 0.1) is 16.0 Å². The van der Waals surface area contributed by atoms with Crippen molar-refractivity contribution in [1.29, 1.82) is 0 Å². The van der Waals surface area contributed by atoms with Crippen molar-refractivity contribution in [2.45, 2.75) is 25.7 Å². The molecule has 0 spiro atoms. The van der Waals surface area contributed by atoms with Gasteiger partial charge in [-0.2, -0.15) is 0 Å². The van der Waals surface area contributed by atoms with E-state index in [0.717, 1.165) is 27.1 Å². The maximum absolute atomic E-state index is 12.0. The maximum atomic E-state index is 12.0. The number of nitro groups is 1. The lowest BCUT2D eigenvalue weighted by atomic mass is 9.85. The first-order valence-electron chi connectivity index (χ1n) is 7.94. The van der Waals surface area contributed by atoms with Gasteiger partial charge in [-0.15, -0.1) is 0 Å². The fraction of sp³-hybridized carbons (Fsp3) is 0.529. The number of carbonyl (C=O) groups excluding carboxylic acids is 2. The first-order chi connectivity index (χ1) is 11.9. The van der Waals surface area contributed by atoms with Crippen LogP contribution in [0.1, 0.15) is 31.2 Å². The van der Waals surface area contributed by atoms with E-state index in [4.69, 9.17) is 4.74 Å². The minimum absolute atomic E-state index is 0.459. The molecule has 0 amide bonds. The number of esters is 2. The molecule has 25 heavy (non-hydrogen) atoms. The van der Waals surface area contributed by atoms with Crippen LogP contribution in [0.4, 0.5) is 0 Å². The van der Waals surface area contributed by atoms with E-state index in [1.165, 1.54) is 0 Å². The molecule has 0 aromatic heterocycles. The summed E-state index contributed by atoms with van der Waals surface area (Å²) in [6.07, 6.45) is 1.92. The summed E-state index contributed by atoms with van der Waals surface area (Å²) in [5.74, 6) is -3.54. The molecule has 0 saturated carbocycles. The molecule has 8 nitrogen and oxygen atoms in total. The molecule has 1 rings (SSSR count). The monoisotopic (exact) mass is 353 g/mol. The summed E-state index contributed by atoms with van der Waals surface area (Å²) in [5, 5.41) is 11.0. The average Bonchev–Trinajstić information content (AvgIpc) is 2.61. The summed E-state index contributed by atoms with van der Waals surface area (Å²) in [5.41, 5.74) is 0.459. The topological polar surface area (TPSA) is 105 Å². The minimum Gasteiger partial charge on any atom is -0.494 e. The summed E-state index contributed by atoms with van der Waals surface area (Å²) in [7, 11) is 2.23. The molecule has 0 unspecified atom stereocenters. The number of hydrogen-bond donors (Lipinski definition) is 0.